The number of esters is 1. The maximum atomic E-state index is 13.1. The highest BCUT2D eigenvalue weighted by molar-refractivity contribution is 5.84. The summed E-state index contributed by atoms with van der Waals surface area (Å²) in [6.07, 6.45) is 12.4. The number of piperidine rings is 1. The summed E-state index contributed by atoms with van der Waals surface area (Å²) in [6.45, 7) is 7.74. The molecule has 0 aromatic heterocycles. The fourth-order valence-electron chi connectivity index (χ4n) is 7.38. The first-order valence-electron chi connectivity index (χ1n) is 16.6. The van der Waals surface area contributed by atoms with E-state index >= 15 is 0 Å². The number of carbonyl (C=O) groups is 2. The van der Waals surface area contributed by atoms with E-state index in [2.05, 4.69) is 22.5 Å². The molecule has 3 aliphatic rings. The summed E-state index contributed by atoms with van der Waals surface area (Å²) in [4.78, 5) is 29.5. The number of nitrogens with zero attached hydrogens (tertiary/aromatic N) is 1. The van der Waals surface area contributed by atoms with E-state index in [1.54, 1.807) is 7.11 Å². The molecule has 0 aromatic carbocycles. The fourth-order valence-corrected chi connectivity index (χ4v) is 7.38. The van der Waals surface area contributed by atoms with Gasteiger partial charge >= 0.3 is 5.97 Å². The molecule has 7 N–H and O–H groups in total. The average molecular weight is 592 g/mol. The van der Waals surface area contributed by atoms with E-state index in [4.69, 9.17) is 15.2 Å². The molecular weight excluding hydrogens is 532 g/mol. The Balaban J connectivity index is 1.49. The van der Waals surface area contributed by atoms with Crippen molar-refractivity contribution in [1.82, 2.24) is 0 Å². The third-order valence-corrected chi connectivity index (χ3v) is 9.93. The zero-order valence-electron chi connectivity index (χ0n) is 26.6. The van der Waals surface area contributed by atoms with Crippen molar-refractivity contribution in [3.05, 3.63) is 17.7 Å². The van der Waals surface area contributed by atoms with Gasteiger partial charge in [0.05, 0.1) is 37.9 Å². The molecule has 2 aliphatic heterocycles. The van der Waals surface area contributed by atoms with E-state index in [0.29, 0.717) is 42.9 Å². The lowest BCUT2D eigenvalue weighted by Gasteiger charge is -2.37. The largest absolute Gasteiger partial charge is 0.462 e. The molecule has 3 rings (SSSR count). The van der Waals surface area contributed by atoms with Crippen LogP contribution in [0.2, 0.25) is 0 Å². The maximum absolute atomic E-state index is 13.1. The van der Waals surface area contributed by atoms with Crippen LogP contribution in [-0.4, -0.2) is 74.8 Å². The highest BCUT2D eigenvalue weighted by Gasteiger charge is 2.37. The summed E-state index contributed by atoms with van der Waals surface area (Å²) in [5, 5.41) is 14.8. The van der Waals surface area contributed by atoms with E-state index in [0.717, 1.165) is 58.0 Å². The van der Waals surface area contributed by atoms with Gasteiger partial charge in [-0.2, -0.15) is 0 Å². The highest BCUT2D eigenvalue weighted by Crippen LogP contribution is 2.35. The Morgan fingerprint density at radius 1 is 1.24 bits per heavy atom. The van der Waals surface area contributed by atoms with Crippen LogP contribution in [0.25, 0.3) is 0 Å². The second-order valence-electron chi connectivity index (χ2n) is 13.1. The molecule has 42 heavy (non-hydrogen) atoms. The minimum atomic E-state index is -0.443. The molecule has 0 amide bonds. The number of quaternary nitrogens is 2. The molecular formula is C33H59N4O5+3. The van der Waals surface area contributed by atoms with Crippen LogP contribution in [0, 0.1) is 30.2 Å². The van der Waals surface area contributed by atoms with Gasteiger partial charge in [-0.3, -0.25) is 15.3 Å². The molecule has 1 saturated heterocycles. The summed E-state index contributed by atoms with van der Waals surface area (Å²) in [5.74, 6) is 1.68. The Morgan fingerprint density at radius 3 is 2.74 bits per heavy atom. The first-order chi connectivity index (χ1) is 20.2. The third-order valence-electron chi connectivity index (χ3n) is 9.93. The van der Waals surface area contributed by atoms with Crippen molar-refractivity contribution < 1.29 is 34.8 Å². The SMILES string of the molecule is CCC(CCC(CC(=O)CCC1CC(OC)C(O)CC1C[NH2+]C)OC(C)=O)CC1=C(CCC2CC[NH2+]C(N)C2)[CH+]N=C1. The van der Waals surface area contributed by atoms with Crippen LogP contribution in [0.15, 0.2) is 16.1 Å². The van der Waals surface area contributed by atoms with Gasteiger partial charge in [-0.15, -0.1) is 4.99 Å². The number of aliphatic imine (C=N–C) groups is 1. The molecule has 0 aromatic rings. The molecule has 2 heterocycles. The van der Waals surface area contributed by atoms with Crippen LogP contribution in [0.5, 0.6) is 0 Å². The first-order valence-corrected chi connectivity index (χ1v) is 16.6. The Bertz CT molecular complexity index is 909. The molecule has 9 nitrogen and oxygen atoms in total. The quantitative estimate of drug-likeness (QED) is 0.142. The van der Waals surface area contributed by atoms with Gasteiger partial charge in [0.1, 0.15) is 30.2 Å². The van der Waals surface area contributed by atoms with Gasteiger partial charge in [0.15, 0.2) is 6.21 Å². The molecule has 2 fully saturated rings. The van der Waals surface area contributed by atoms with Crippen LogP contribution >= 0.6 is 0 Å². The zero-order valence-corrected chi connectivity index (χ0v) is 26.6. The Hall–Kier alpha value is -1.78. The van der Waals surface area contributed by atoms with Crippen LogP contribution in [0.3, 0.4) is 0 Å². The number of rotatable bonds is 18. The number of nitrogens with two attached hydrogens (primary N) is 3. The van der Waals surface area contributed by atoms with E-state index in [-0.39, 0.29) is 36.5 Å². The highest BCUT2D eigenvalue weighted by atomic mass is 16.5. The summed E-state index contributed by atoms with van der Waals surface area (Å²) < 4.78 is 11.2. The molecule has 0 bridgehead atoms. The lowest BCUT2D eigenvalue weighted by molar-refractivity contribution is -0.699. The molecule has 8 unspecified atom stereocenters. The van der Waals surface area contributed by atoms with Crippen molar-refractivity contribution in [3.8, 4) is 0 Å². The van der Waals surface area contributed by atoms with Gasteiger partial charge < -0.3 is 25.2 Å². The van der Waals surface area contributed by atoms with Crippen molar-refractivity contribution in [2.75, 3.05) is 27.2 Å². The monoisotopic (exact) mass is 591 g/mol. The molecule has 9 heteroatoms. The molecule has 238 valence electrons. The van der Waals surface area contributed by atoms with E-state index in [1.807, 2.05) is 19.8 Å². The summed E-state index contributed by atoms with van der Waals surface area (Å²) in [5.41, 5.74) is 8.84. The topological polar surface area (TPSA) is 144 Å². The fraction of sp³-hybridized carbons (Fsp3) is 0.818. The number of aliphatic hydroxyl groups excluding tert-OH is 1. The number of carbonyl (C=O) groups excluding carboxylic acids is 2. The number of ether oxygens (including phenoxy) is 2. The number of methoxy groups -OCH3 is 1. The smallest absolute Gasteiger partial charge is 0.302 e. The van der Waals surface area contributed by atoms with Gasteiger partial charge in [0, 0.05) is 52.1 Å². The van der Waals surface area contributed by atoms with E-state index < -0.39 is 6.10 Å². The molecule has 1 aliphatic carbocycles. The van der Waals surface area contributed by atoms with Gasteiger partial charge in [-0.05, 0) is 62.7 Å². The number of hydrogen-bond acceptors (Lipinski definition) is 7. The van der Waals surface area contributed by atoms with Gasteiger partial charge in [0.2, 0.25) is 0 Å². The summed E-state index contributed by atoms with van der Waals surface area (Å²) >= 11 is 0. The van der Waals surface area contributed by atoms with Crippen molar-refractivity contribution in [2.24, 2.45) is 34.4 Å². The Labute approximate surface area is 253 Å². The molecule has 8 atom stereocenters. The number of Topliss-reactive ketones (excluding diaryl/α,β-unsaturated/α-hetero) is 1. The van der Waals surface area contributed by atoms with E-state index in [9.17, 15) is 14.7 Å². The maximum Gasteiger partial charge on any atom is 0.302 e. The van der Waals surface area contributed by atoms with Crippen LogP contribution < -0.4 is 16.4 Å². The lowest BCUT2D eigenvalue weighted by Crippen LogP contribution is -2.94. The normalized spacial score (nSPS) is 29.3. The van der Waals surface area contributed by atoms with Crippen molar-refractivity contribution >= 4 is 18.0 Å². The molecule has 0 radical (unpaired) electrons. The predicted molar refractivity (Wildman–Crippen MR) is 164 cm³/mol. The van der Waals surface area contributed by atoms with Crippen molar-refractivity contribution in [1.29, 1.82) is 0 Å². The Morgan fingerprint density at radius 2 is 2.05 bits per heavy atom. The van der Waals surface area contributed by atoms with Gasteiger partial charge in [-0.25, -0.2) is 0 Å². The number of ketones is 1. The van der Waals surface area contributed by atoms with Crippen LogP contribution in [-0.2, 0) is 19.1 Å². The third kappa shape index (κ3) is 11.4. The molecule has 1 saturated carbocycles. The Kier molecular flexibility index (Phi) is 15.0. The van der Waals surface area contributed by atoms with Crippen molar-refractivity contribution in [3.63, 3.8) is 0 Å². The average Bonchev–Trinajstić information content (AvgIpc) is 3.40. The number of hydrogen-bond donors (Lipinski definition) is 4. The summed E-state index contributed by atoms with van der Waals surface area (Å²) in [7, 11) is 3.70. The van der Waals surface area contributed by atoms with Crippen molar-refractivity contribution in [2.45, 2.75) is 122 Å². The number of allylic oxidation sites excluding steroid dienone is 1. The van der Waals surface area contributed by atoms with Crippen LogP contribution in [0.4, 0.5) is 0 Å². The first kappa shape index (κ1) is 34.7. The second-order valence-corrected chi connectivity index (χ2v) is 13.1. The minimum Gasteiger partial charge on any atom is -0.462 e. The van der Waals surface area contributed by atoms with Gasteiger partial charge in [-0.1, -0.05) is 13.3 Å². The minimum absolute atomic E-state index is 0.149. The lowest BCUT2D eigenvalue weighted by atomic mass is 9.74. The van der Waals surface area contributed by atoms with Gasteiger partial charge in [0.25, 0.3) is 0 Å². The van der Waals surface area contributed by atoms with E-state index in [1.165, 1.54) is 30.9 Å². The van der Waals surface area contributed by atoms with Crippen LogP contribution in [0.1, 0.15) is 97.3 Å². The standard InChI is InChI=1S/C33H57N4O5/c1-5-23(14-27-21-36-20-26(27)8-6-24-12-13-37-33(34)15-24)7-11-30(42-22(2)38)18-29(39)10-9-25-17-32(41-4)31(40)16-28(25)19-35-3/h20-21,23-25,28,30-33,35,37,40H,5-19,34H2,1-4H3/q+1/p+2. The number of aliphatic hydroxyl groups is 1. The second kappa shape index (κ2) is 18.1. The predicted octanol–water partition coefficient (Wildman–Crippen LogP) is 2.03. The molecule has 0 spiro atoms. The summed E-state index contributed by atoms with van der Waals surface area (Å²) in [6, 6.07) is 0. The zero-order chi connectivity index (χ0) is 30.5.